The highest BCUT2D eigenvalue weighted by Crippen LogP contribution is 2.19. The van der Waals surface area contributed by atoms with Gasteiger partial charge in [0.1, 0.15) is 5.69 Å². The van der Waals surface area contributed by atoms with E-state index in [9.17, 15) is 14.4 Å². The first-order chi connectivity index (χ1) is 12.0. The third-order valence-corrected chi connectivity index (χ3v) is 4.38. The number of benzene rings is 1. The number of aromatic amines is 1. The summed E-state index contributed by atoms with van der Waals surface area (Å²) in [6.45, 7) is 4.11. The van der Waals surface area contributed by atoms with Crippen LogP contribution in [-0.2, 0) is 22.5 Å². The normalized spacial score (nSPS) is 14.6. The molecule has 0 saturated carbocycles. The topological polar surface area (TPSA) is 79.5 Å². The fourth-order valence-corrected chi connectivity index (χ4v) is 2.93. The van der Waals surface area contributed by atoms with E-state index in [1.807, 2.05) is 18.2 Å². The maximum atomic E-state index is 12.6. The number of ether oxygens (including phenoxy) is 1. The van der Waals surface area contributed by atoms with Crippen molar-refractivity contribution in [2.24, 2.45) is 0 Å². The average molecular weight is 340 g/mol. The minimum absolute atomic E-state index is 0.147. The summed E-state index contributed by atoms with van der Waals surface area (Å²) in [6.07, 6.45) is 1.36. The van der Waals surface area contributed by atoms with E-state index in [1.165, 1.54) is 24.8 Å². The van der Waals surface area contributed by atoms with Crippen LogP contribution in [0.4, 0.5) is 0 Å². The van der Waals surface area contributed by atoms with Crippen molar-refractivity contribution in [3.8, 4) is 0 Å². The number of hydrogen-bond acceptors (Lipinski definition) is 4. The summed E-state index contributed by atoms with van der Waals surface area (Å²) in [6, 6.07) is 9.45. The van der Waals surface area contributed by atoms with Gasteiger partial charge in [0, 0.05) is 24.8 Å². The lowest BCUT2D eigenvalue weighted by Crippen LogP contribution is -2.42. The lowest BCUT2D eigenvalue weighted by molar-refractivity contribution is -0.140. The molecule has 1 N–H and O–H groups in total. The van der Waals surface area contributed by atoms with Crippen molar-refractivity contribution in [2.45, 2.75) is 32.9 Å². The zero-order valence-electron chi connectivity index (χ0n) is 14.2. The number of carbonyl (C=O) groups excluding carboxylic acids is 3. The molecule has 0 unspecified atom stereocenters. The van der Waals surface area contributed by atoms with E-state index in [-0.39, 0.29) is 17.4 Å². The van der Waals surface area contributed by atoms with Gasteiger partial charge in [-0.25, -0.2) is 4.79 Å². The molecular formula is C19H20N2O4. The molecule has 0 bridgehead atoms. The molecule has 1 aromatic heterocycles. The van der Waals surface area contributed by atoms with Gasteiger partial charge in [-0.2, -0.15) is 0 Å². The number of aromatic nitrogens is 1. The standard InChI is InChI=1S/C19H20N2O4/c1-12(22)16-9-17(20-10-16)19(24)25-13(2)18(23)21-8-7-14-5-3-4-6-15(14)11-21/h3-6,9-10,13,20H,7-8,11H2,1-2H3/t13-/m1/s1. The largest absolute Gasteiger partial charge is 0.448 e. The van der Waals surface area contributed by atoms with Gasteiger partial charge in [-0.3, -0.25) is 9.59 Å². The Bertz CT molecular complexity index is 824. The van der Waals surface area contributed by atoms with Gasteiger partial charge in [0.2, 0.25) is 0 Å². The number of Topliss-reactive ketones (excluding diaryl/α,β-unsaturated/α-hetero) is 1. The van der Waals surface area contributed by atoms with Gasteiger partial charge < -0.3 is 14.6 Å². The van der Waals surface area contributed by atoms with Crippen molar-refractivity contribution >= 4 is 17.7 Å². The Hall–Kier alpha value is -2.89. The summed E-state index contributed by atoms with van der Waals surface area (Å²) < 4.78 is 5.26. The van der Waals surface area contributed by atoms with Crippen LogP contribution in [0.5, 0.6) is 0 Å². The second-order valence-electron chi connectivity index (χ2n) is 6.18. The molecule has 1 atom stereocenters. The molecule has 1 aromatic carbocycles. The van der Waals surface area contributed by atoms with E-state index in [0.717, 1.165) is 12.0 Å². The number of H-pyrrole nitrogens is 1. The van der Waals surface area contributed by atoms with Crippen LogP contribution >= 0.6 is 0 Å². The number of nitrogens with zero attached hydrogens (tertiary/aromatic N) is 1. The predicted molar refractivity (Wildman–Crippen MR) is 91.2 cm³/mol. The molecular weight excluding hydrogens is 320 g/mol. The molecule has 2 aromatic rings. The van der Waals surface area contributed by atoms with Crippen molar-refractivity contribution in [2.75, 3.05) is 6.54 Å². The molecule has 0 fully saturated rings. The maximum Gasteiger partial charge on any atom is 0.355 e. The highest BCUT2D eigenvalue weighted by molar-refractivity contribution is 5.98. The van der Waals surface area contributed by atoms with Crippen molar-refractivity contribution in [1.29, 1.82) is 0 Å². The van der Waals surface area contributed by atoms with Crippen LogP contribution < -0.4 is 0 Å². The van der Waals surface area contributed by atoms with E-state index in [1.54, 1.807) is 11.8 Å². The van der Waals surface area contributed by atoms with E-state index in [2.05, 4.69) is 11.1 Å². The zero-order chi connectivity index (χ0) is 18.0. The molecule has 2 heterocycles. The zero-order valence-corrected chi connectivity index (χ0v) is 14.2. The lowest BCUT2D eigenvalue weighted by Gasteiger charge is -2.30. The SMILES string of the molecule is CC(=O)c1c[nH]c(C(=O)O[C@H](C)C(=O)N2CCc3ccccc3C2)c1. The summed E-state index contributed by atoms with van der Waals surface area (Å²) in [7, 11) is 0. The van der Waals surface area contributed by atoms with Crippen molar-refractivity contribution in [1.82, 2.24) is 9.88 Å². The third kappa shape index (κ3) is 3.63. The second kappa shape index (κ2) is 6.93. The van der Waals surface area contributed by atoms with Gasteiger partial charge in [0.15, 0.2) is 11.9 Å². The Morgan fingerprint density at radius 1 is 1.20 bits per heavy atom. The first-order valence-electron chi connectivity index (χ1n) is 8.21. The highest BCUT2D eigenvalue weighted by atomic mass is 16.5. The Labute approximate surface area is 145 Å². The molecule has 0 radical (unpaired) electrons. The monoisotopic (exact) mass is 340 g/mol. The molecule has 6 nitrogen and oxygen atoms in total. The molecule has 6 heteroatoms. The number of nitrogens with one attached hydrogen (secondary N) is 1. The second-order valence-corrected chi connectivity index (χ2v) is 6.18. The van der Waals surface area contributed by atoms with E-state index >= 15 is 0 Å². The van der Waals surface area contributed by atoms with Gasteiger partial charge in [-0.1, -0.05) is 24.3 Å². The molecule has 1 amide bonds. The third-order valence-electron chi connectivity index (χ3n) is 4.38. The first kappa shape index (κ1) is 17.0. The highest BCUT2D eigenvalue weighted by Gasteiger charge is 2.27. The van der Waals surface area contributed by atoms with E-state index < -0.39 is 12.1 Å². The fraction of sp³-hybridized carbons (Fsp3) is 0.316. The predicted octanol–water partition coefficient (Wildman–Crippen LogP) is 2.35. The smallest absolute Gasteiger partial charge is 0.355 e. The first-order valence-corrected chi connectivity index (χ1v) is 8.21. The minimum atomic E-state index is -0.887. The molecule has 1 aliphatic heterocycles. The molecule has 0 spiro atoms. The molecule has 130 valence electrons. The van der Waals surface area contributed by atoms with Crippen LogP contribution in [0.3, 0.4) is 0 Å². The molecule has 25 heavy (non-hydrogen) atoms. The summed E-state index contributed by atoms with van der Waals surface area (Å²) in [5.74, 6) is -1.02. The van der Waals surface area contributed by atoms with Crippen LogP contribution in [0.15, 0.2) is 36.5 Å². The maximum absolute atomic E-state index is 12.6. The van der Waals surface area contributed by atoms with Crippen LogP contribution in [0.1, 0.15) is 45.8 Å². The Morgan fingerprint density at radius 3 is 2.60 bits per heavy atom. The van der Waals surface area contributed by atoms with Gasteiger partial charge in [-0.15, -0.1) is 0 Å². The molecule has 0 aliphatic carbocycles. The van der Waals surface area contributed by atoms with Gasteiger partial charge in [-0.05, 0) is 37.5 Å². The van der Waals surface area contributed by atoms with Crippen LogP contribution in [-0.4, -0.2) is 40.2 Å². The number of carbonyl (C=O) groups is 3. The molecule has 3 rings (SSSR count). The van der Waals surface area contributed by atoms with Crippen LogP contribution in [0, 0.1) is 0 Å². The Morgan fingerprint density at radius 2 is 1.92 bits per heavy atom. The lowest BCUT2D eigenvalue weighted by atomic mass is 9.99. The van der Waals surface area contributed by atoms with Crippen molar-refractivity contribution in [3.05, 3.63) is 58.9 Å². The summed E-state index contributed by atoms with van der Waals surface area (Å²) in [4.78, 5) is 40.4. The number of hydrogen-bond donors (Lipinski definition) is 1. The summed E-state index contributed by atoms with van der Waals surface area (Å²) >= 11 is 0. The van der Waals surface area contributed by atoms with Gasteiger partial charge in [0.25, 0.3) is 5.91 Å². The van der Waals surface area contributed by atoms with Gasteiger partial charge in [0.05, 0.1) is 0 Å². The quantitative estimate of drug-likeness (QED) is 0.684. The summed E-state index contributed by atoms with van der Waals surface area (Å²) in [5.41, 5.74) is 2.93. The fourth-order valence-electron chi connectivity index (χ4n) is 2.93. The number of rotatable bonds is 4. The summed E-state index contributed by atoms with van der Waals surface area (Å²) in [5, 5.41) is 0. The number of esters is 1. The average Bonchev–Trinajstić information content (AvgIpc) is 3.11. The van der Waals surface area contributed by atoms with E-state index in [0.29, 0.717) is 18.7 Å². The van der Waals surface area contributed by atoms with Gasteiger partial charge >= 0.3 is 5.97 Å². The molecule has 0 saturated heterocycles. The Kier molecular flexibility index (Phi) is 4.70. The Balaban J connectivity index is 1.63. The number of ketones is 1. The van der Waals surface area contributed by atoms with Crippen molar-refractivity contribution in [3.63, 3.8) is 0 Å². The number of amides is 1. The minimum Gasteiger partial charge on any atom is -0.448 e. The van der Waals surface area contributed by atoms with E-state index in [4.69, 9.17) is 4.74 Å². The number of fused-ring (bicyclic) bond motifs is 1. The van der Waals surface area contributed by atoms with Crippen molar-refractivity contribution < 1.29 is 19.1 Å². The van der Waals surface area contributed by atoms with Crippen LogP contribution in [0.25, 0.3) is 0 Å². The van der Waals surface area contributed by atoms with Crippen LogP contribution in [0.2, 0.25) is 0 Å². The molecule has 1 aliphatic rings.